The van der Waals surface area contributed by atoms with E-state index in [-0.39, 0.29) is 10.9 Å². The topological polar surface area (TPSA) is 49.9 Å². The van der Waals surface area contributed by atoms with Gasteiger partial charge in [-0.1, -0.05) is 41.9 Å². The summed E-state index contributed by atoms with van der Waals surface area (Å²) in [6.07, 6.45) is 1.51. The van der Waals surface area contributed by atoms with Crippen LogP contribution in [0.3, 0.4) is 0 Å². The first-order chi connectivity index (χ1) is 15.5. The molecule has 5 nitrogen and oxygen atoms in total. The van der Waals surface area contributed by atoms with E-state index in [2.05, 4.69) is 17.0 Å². The Bertz CT molecular complexity index is 1110. The monoisotopic (exact) mass is 470 g/mol. The molecule has 0 amide bonds. The molecule has 0 aromatic heterocycles. The highest BCUT2D eigenvalue weighted by Gasteiger charge is 2.34. The van der Waals surface area contributed by atoms with Gasteiger partial charge < -0.3 is 4.74 Å². The molecular weight excluding hydrogens is 444 g/mol. The highest BCUT2D eigenvalue weighted by molar-refractivity contribution is 7.92. The molecule has 168 valence electrons. The molecule has 3 aromatic rings. The number of sulfonamides is 1. The third-order valence-corrected chi connectivity index (χ3v) is 7.98. The lowest BCUT2D eigenvalue weighted by Gasteiger charge is -2.39. The van der Waals surface area contributed by atoms with Gasteiger partial charge in [-0.2, -0.15) is 0 Å². The van der Waals surface area contributed by atoms with Gasteiger partial charge in [0.1, 0.15) is 5.75 Å². The molecule has 0 N–H and O–H groups in total. The van der Waals surface area contributed by atoms with E-state index in [0.717, 1.165) is 32.5 Å². The van der Waals surface area contributed by atoms with Crippen molar-refractivity contribution in [1.29, 1.82) is 0 Å². The fourth-order valence-electron chi connectivity index (χ4n) is 4.15. The van der Waals surface area contributed by atoms with E-state index < -0.39 is 10.0 Å². The van der Waals surface area contributed by atoms with E-state index in [0.29, 0.717) is 16.5 Å². The number of anilines is 1. The van der Waals surface area contributed by atoms with Crippen molar-refractivity contribution in [3.8, 4) is 5.75 Å². The van der Waals surface area contributed by atoms with E-state index in [4.69, 9.17) is 16.3 Å². The minimum Gasteiger partial charge on any atom is -0.497 e. The van der Waals surface area contributed by atoms with Gasteiger partial charge in [-0.05, 0) is 66.9 Å². The minimum absolute atomic E-state index is 0.129. The molecule has 0 unspecified atom stereocenters. The second-order valence-corrected chi connectivity index (χ2v) is 10.2. The number of likely N-dealkylation sites (tertiary alicyclic amines) is 1. The second kappa shape index (κ2) is 9.94. The molecule has 32 heavy (non-hydrogen) atoms. The van der Waals surface area contributed by atoms with E-state index in [1.807, 2.05) is 18.2 Å². The van der Waals surface area contributed by atoms with Crippen LogP contribution in [-0.2, 0) is 16.6 Å². The Morgan fingerprint density at radius 2 is 1.56 bits per heavy atom. The average Bonchev–Trinajstić information content (AvgIpc) is 2.82. The zero-order valence-corrected chi connectivity index (χ0v) is 19.6. The molecular formula is C25H27ClN2O3S. The summed E-state index contributed by atoms with van der Waals surface area (Å²) in [6, 6.07) is 23.8. The lowest BCUT2D eigenvalue weighted by Crippen LogP contribution is -2.47. The molecule has 1 heterocycles. The predicted octanol–water partition coefficient (Wildman–Crippen LogP) is 5.21. The molecule has 1 fully saturated rings. The number of hydrogen-bond donors (Lipinski definition) is 0. The summed E-state index contributed by atoms with van der Waals surface area (Å²) in [5.41, 5.74) is 1.90. The first-order valence-corrected chi connectivity index (χ1v) is 12.5. The maximum Gasteiger partial charge on any atom is 0.264 e. The van der Waals surface area contributed by atoms with Crippen molar-refractivity contribution in [3.05, 3.63) is 89.4 Å². The fourth-order valence-corrected chi connectivity index (χ4v) is 5.98. The average molecular weight is 471 g/mol. The van der Waals surface area contributed by atoms with Crippen molar-refractivity contribution in [3.63, 3.8) is 0 Å². The molecule has 0 aliphatic carbocycles. The normalized spacial score (nSPS) is 15.4. The van der Waals surface area contributed by atoms with Gasteiger partial charge >= 0.3 is 0 Å². The van der Waals surface area contributed by atoms with Crippen LogP contribution in [0.25, 0.3) is 0 Å². The van der Waals surface area contributed by atoms with Gasteiger partial charge in [-0.25, -0.2) is 8.42 Å². The van der Waals surface area contributed by atoms with Crippen molar-refractivity contribution in [2.45, 2.75) is 30.3 Å². The Kier molecular flexibility index (Phi) is 7.04. The third-order valence-electron chi connectivity index (χ3n) is 5.84. The molecule has 4 rings (SSSR count). The molecule has 0 bridgehead atoms. The van der Waals surface area contributed by atoms with Gasteiger partial charge in [-0.15, -0.1) is 0 Å². The molecule has 0 saturated carbocycles. The Morgan fingerprint density at radius 1 is 0.938 bits per heavy atom. The van der Waals surface area contributed by atoms with Crippen molar-refractivity contribution in [2.75, 3.05) is 24.5 Å². The molecule has 0 radical (unpaired) electrons. The number of rotatable bonds is 7. The van der Waals surface area contributed by atoms with Crippen LogP contribution in [-0.4, -0.2) is 39.6 Å². The summed E-state index contributed by atoms with van der Waals surface area (Å²) in [6.45, 7) is 2.54. The van der Waals surface area contributed by atoms with Gasteiger partial charge in [0.15, 0.2) is 0 Å². The van der Waals surface area contributed by atoms with Crippen LogP contribution in [0.4, 0.5) is 5.69 Å². The number of methoxy groups -OCH3 is 1. The summed E-state index contributed by atoms with van der Waals surface area (Å²) < 4.78 is 34.2. The van der Waals surface area contributed by atoms with E-state index in [9.17, 15) is 8.42 Å². The maximum absolute atomic E-state index is 13.7. The number of nitrogens with zero attached hydrogens (tertiary/aromatic N) is 2. The zero-order valence-electron chi connectivity index (χ0n) is 18.0. The van der Waals surface area contributed by atoms with Crippen LogP contribution in [0.15, 0.2) is 83.8 Å². The molecule has 1 saturated heterocycles. The van der Waals surface area contributed by atoms with E-state index in [1.165, 1.54) is 5.56 Å². The van der Waals surface area contributed by atoms with Gasteiger partial charge in [0.2, 0.25) is 0 Å². The lowest BCUT2D eigenvalue weighted by molar-refractivity contribution is 0.206. The molecule has 1 aliphatic rings. The van der Waals surface area contributed by atoms with Crippen LogP contribution in [0, 0.1) is 0 Å². The predicted molar refractivity (Wildman–Crippen MR) is 129 cm³/mol. The molecule has 0 atom stereocenters. The quantitative estimate of drug-likeness (QED) is 0.475. The van der Waals surface area contributed by atoms with Crippen LogP contribution in [0.1, 0.15) is 18.4 Å². The number of hydrogen-bond acceptors (Lipinski definition) is 4. The minimum atomic E-state index is -3.75. The third kappa shape index (κ3) is 5.09. The fraction of sp³-hybridized carbons (Fsp3) is 0.280. The van der Waals surface area contributed by atoms with Gasteiger partial charge in [0.25, 0.3) is 10.0 Å². The summed E-state index contributed by atoms with van der Waals surface area (Å²) in [7, 11) is -2.19. The highest BCUT2D eigenvalue weighted by atomic mass is 35.5. The van der Waals surface area contributed by atoms with Crippen molar-refractivity contribution < 1.29 is 13.2 Å². The highest BCUT2D eigenvalue weighted by Crippen LogP contribution is 2.32. The van der Waals surface area contributed by atoms with Crippen molar-refractivity contribution in [1.82, 2.24) is 4.90 Å². The van der Waals surface area contributed by atoms with E-state index in [1.54, 1.807) is 59.9 Å². The van der Waals surface area contributed by atoms with Crippen LogP contribution < -0.4 is 9.04 Å². The largest absolute Gasteiger partial charge is 0.497 e. The molecule has 0 spiro atoms. The smallest absolute Gasteiger partial charge is 0.264 e. The molecule has 7 heteroatoms. The lowest BCUT2D eigenvalue weighted by atomic mass is 10.0. The summed E-state index contributed by atoms with van der Waals surface area (Å²) in [4.78, 5) is 2.63. The molecule has 1 aliphatic heterocycles. The van der Waals surface area contributed by atoms with E-state index >= 15 is 0 Å². The van der Waals surface area contributed by atoms with Gasteiger partial charge in [0.05, 0.1) is 17.7 Å². The Labute approximate surface area is 195 Å². The summed E-state index contributed by atoms with van der Waals surface area (Å²) in [5.74, 6) is 0.621. The van der Waals surface area contributed by atoms with Gasteiger partial charge in [-0.3, -0.25) is 9.21 Å². The van der Waals surface area contributed by atoms with Crippen LogP contribution in [0.2, 0.25) is 5.02 Å². The Hall–Kier alpha value is -2.54. The van der Waals surface area contributed by atoms with Crippen molar-refractivity contribution in [2.24, 2.45) is 0 Å². The Morgan fingerprint density at radius 3 is 2.16 bits per heavy atom. The van der Waals surface area contributed by atoms with Gasteiger partial charge in [0, 0.05) is 30.7 Å². The molecule has 3 aromatic carbocycles. The first kappa shape index (κ1) is 22.6. The van der Waals surface area contributed by atoms with Crippen molar-refractivity contribution >= 4 is 27.3 Å². The summed E-state index contributed by atoms with van der Waals surface area (Å²) in [5, 5.41) is 0.577. The number of piperidine rings is 1. The Balaban J connectivity index is 1.58. The van der Waals surface area contributed by atoms with Crippen LogP contribution in [0.5, 0.6) is 5.75 Å². The maximum atomic E-state index is 13.7. The van der Waals surface area contributed by atoms with Crippen LogP contribution >= 0.6 is 11.6 Å². The number of halogens is 1. The number of ether oxygens (including phenoxy) is 1. The summed E-state index contributed by atoms with van der Waals surface area (Å²) >= 11 is 6.07. The first-order valence-electron chi connectivity index (χ1n) is 10.7. The zero-order chi connectivity index (χ0) is 22.6. The SMILES string of the molecule is COc1ccc(S(=O)(=O)N(c2ccc(Cl)cc2)C2CCN(Cc3ccccc3)CC2)cc1. The second-order valence-electron chi connectivity index (χ2n) is 7.95. The standard InChI is InChI=1S/C25H27ClN2O3S/c1-31-24-11-13-25(14-12-24)32(29,30)28(22-9-7-21(26)8-10-22)23-15-17-27(18-16-23)19-20-5-3-2-4-6-20/h2-14,23H,15-19H2,1H3. The number of benzene rings is 3.